The Labute approximate surface area is 279 Å². The number of fused-ring (bicyclic) bond motifs is 1. The number of para-hydroxylation sites is 1. The fourth-order valence-electron chi connectivity index (χ4n) is 5.50. The van der Waals surface area contributed by atoms with Gasteiger partial charge in [0.2, 0.25) is 0 Å². The Morgan fingerprint density at radius 3 is 2.44 bits per heavy atom. The van der Waals surface area contributed by atoms with Gasteiger partial charge in [-0.15, -0.1) is 0 Å². The number of aromatic nitrogens is 1. The van der Waals surface area contributed by atoms with Gasteiger partial charge in [0.15, 0.2) is 16.3 Å². The molecule has 0 radical (unpaired) electrons. The molecule has 0 bridgehead atoms. The standard InChI is InChI=1S/C37H32FN3O6S/c1-22-33(35(42)40-26-11-6-5-7-12-26)34(28-15-14-27(44-2)20-30(28)45-3)41-36(43)32(48-37(41)39-22)19-23-13-16-29(31(18-23)46-4)47-21-24-9-8-10-25(38)17-24/h5-20,34H,21H2,1-4H3,(H,40,42)/b32-19-/t34-/m1/s1. The van der Waals surface area contributed by atoms with Gasteiger partial charge in [0.25, 0.3) is 11.5 Å². The number of thiazole rings is 1. The molecule has 2 heterocycles. The van der Waals surface area contributed by atoms with Crippen molar-refractivity contribution in [3.05, 3.63) is 144 Å². The fourth-order valence-corrected chi connectivity index (χ4v) is 6.55. The third-order valence-electron chi connectivity index (χ3n) is 7.80. The molecule has 1 aliphatic heterocycles. The van der Waals surface area contributed by atoms with Crippen LogP contribution in [-0.2, 0) is 11.4 Å². The first-order chi connectivity index (χ1) is 23.3. The van der Waals surface area contributed by atoms with Crippen LogP contribution in [0.25, 0.3) is 6.08 Å². The van der Waals surface area contributed by atoms with E-state index in [2.05, 4.69) is 5.32 Å². The number of rotatable bonds is 10. The predicted molar refractivity (Wildman–Crippen MR) is 182 cm³/mol. The van der Waals surface area contributed by atoms with E-state index in [0.717, 1.165) is 0 Å². The van der Waals surface area contributed by atoms with Crippen LogP contribution in [0.2, 0.25) is 0 Å². The molecule has 5 aromatic rings. The van der Waals surface area contributed by atoms with E-state index in [-0.39, 0.29) is 18.0 Å². The maximum atomic E-state index is 14.2. The highest BCUT2D eigenvalue weighted by Crippen LogP contribution is 2.38. The minimum absolute atomic E-state index is 0.153. The minimum Gasteiger partial charge on any atom is -0.497 e. The Hall–Kier alpha value is -5.68. The number of hydrogen-bond donors (Lipinski definition) is 1. The van der Waals surface area contributed by atoms with E-state index in [9.17, 15) is 14.0 Å². The molecule has 11 heteroatoms. The summed E-state index contributed by atoms with van der Waals surface area (Å²) in [6, 6.07) is 25.0. The van der Waals surface area contributed by atoms with E-state index >= 15 is 0 Å². The average Bonchev–Trinajstić information content (AvgIpc) is 3.40. The van der Waals surface area contributed by atoms with Crippen LogP contribution in [0, 0.1) is 5.82 Å². The molecule has 0 unspecified atom stereocenters. The molecule has 1 aromatic heterocycles. The first kappa shape index (κ1) is 32.3. The number of hydrogen-bond acceptors (Lipinski definition) is 8. The van der Waals surface area contributed by atoms with Gasteiger partial charge in [0.1, 0.15) is 30.0 Å². The Kier molecular flexibility index (Phi) is 9.40. The van der Waals surface area contributed by atoms with E-state index in [1.54, 1.807) is 80.8 Å². The summed E-state index contributed by atoms with van der Waals surface area (Å²) in [4.78, 5) is 33.3. The number of carbonyl (C=O) groups excluding carboxylic acids is 1. The molecule has 0 saturated carbocycles. The maximum absolute atomic E-state index is 14.2. The summed E-state index contributed by atoms with van der Waals surface area (Å²) in [5.74, 6) is 1.20. The molecule has 1 N–H and O–H groups in total. The maximum Gasteiger partial charge on any atom is 0.271 e. The molecule has 4 aromatic carbocycles. The number of nitrogens with one attached hydrogen (secondary N) is 1. The second-order valence-corrected chi connectivity index (χ2v) is 11.8. The number of methoxy groups -OCH3 is 3. The molecular formula is C37H32FN3O6S. The van der Waals surface area contributed by atoms with Gasteiger partial charge in [-0.25, -0.2) is 9.38 Å². The summed E-state index contributed by atoms with van der Waals surface area (Å²) in [6.45, 7) is 1.91. The zero-order valence-corrected chi connectivity index (χ0v) is 27.5. The monoisotopic (exact) mass is 665 g/mol. The van der Waals surface area contributed by atoms with Crippen molar-refractivity contribution in [2.24, 2.45) is 4.99 Å². The molecule has 0 saturated heterocycles. The highest BCUT2D eigenvalue weighted by Gasteiger charge is 2.34. The van der Waals surface area contributed by atoms with Crippen molar-refractivity contribution in [1.82, 2.24) is 4.57 Å². The second-order valence-electron chi connectivity index (χ2n) is 10.8. The highest BCUT2D eigenvalue weighted by molar-refractivity contribution is 7.07. The van der Waals surface area contributed by atoms with Crippen molar-refractivity contribution in [1.29, 1.82) is 0 Å². The van der Waals surface area contributed by atoms with Crippen molar-refractivity contribution < 1.29 is 28.1 Å². The van der Waals surface area contributed by atoms with Crippen LogP contribution in [0.15, 0.2) is 112 Å². The van der Waals surface area contributed by atoms with Crippen molar-refractivity contribution in [3.8, 4) is 23.0 Å². The molecule has 0 fully saturated rings. The largest absolute Gasteiger partial charge is 0.497 e. The Balaban J connectivity index is 1.42. The summed E-state index contributed by atoms with van der Waals surface area (Å²) in [5, 5.41) is 2.95. The summed E-state index contributed by atoms with van der Waals surface area (Å²) in [5.41, 5.74) is 3.02. The van der Waals surface area contributed by atoms with Gasteiger partial charge in [-0.05, 0) is 72.7 Å². The lowest BCUT2D eigenvalue weighted by Gasteiger charge is -2.26. The Morgan fingerprint density at radius 2 is 1.71 bits per heavy atom. The van der Waals surface area contributed by atoms with E-state index in [1.165, 1.54) is 42.3 Å². The van der Waals surface area contributed by atoms with E-state index in [1.807, 2.05) is 18.2 Å². The van der Waals surface area contributed by atoms with Crippen LogP contribution < -0.4 is 39.2 Å². The van der Waals surface area contributed by atoms with E-state index in [4.69, 9.17) is 23.9 Å². The smallest absolute Gasteiger partial charge is 0.271 e. The minimum atomic E-state index is -0.846. The molecule has 1 atom stereocenters. The van der Waals surface area contributed by atoms with Crippen LogP contribution in [0.1, 0.15) is 29.7 Å². The number of nitrogens with zero attached hydrogens (tertiary/aromatic N) is 2. The number of allylic oxidation sites excluding steroid dienone is 1. The summed E-state index contributed by atoms with van der Waals surface area (Å²) < 4.78 is 38.2. The lowest BCUT2D eigenvalue weighted by atomic mass is 9.94. The molecule has 9 nitrogen and oxygen atoms in total. The van der Waals surface area contributed by atoms with Crippen molar-refractivity contribution in [2.45, 2.75) is 19.6 Å². The van der Waals surface area contributed by atoms with E-state index in [0.29, 0.717) is 66.0 Å². The lowest BCUT2D eigenvalue weighted by Crippen LogP contribution is -2.40. The highest BCUT2D eigenvalue weighted by atomic mass is 32.1. The quantitative estimate of drug-likeness (QED) is 0.208. The first-order valence-corrected chi connectivity index (χ1v) is 15.8. The van der Waals surface area contributed by atoms with Gasteiger partial charge in [0, 0.05) is 17.3 Å². The third kappa shape index (κ3) is 6.58. The van der Waals surface area contributed by atoms with Gasteiger partial charge in [-0.3, -0.25) is 14.2 Å². The second kappa shape index (κ2) is 14.0. The van der Waals surface area contributed by atoms with Gasteiger partial charge in [-0.2, -0.15) is 0 Å². The van der Waals surface area contributed by atoms with Crippen molar-refractivity contribution in [3.63, 3.8) is 0 Å². The zero-order chi connectivity index (χ0) is 33.8. The van der Waals surface area contributed by atoms with Crippen LogP contribution in [0.4, 0.5) is 10.1 Å². The van der Waals surface area contributed by atoms with Crippen molar-refractivity contribution >= 4 is 29.0 Å². The third-order valence-corrected chi connectivity index (χ3v) is 8.78. The molecule has 1 amide bonds. The Bertz CT molecular complexity index is 2210. The summed E-state index contributed by atoms with van der Waals surface area (Å²) >= 11 is 1.21. The SMILES string of the molecule is COc1ccc([C@@H]2C(C(=O)Nc3ccccc3)=C(C)N=c3s/c(=C\c4ccc(OCc5cccc(F)c5)c(OC)c4)c(=O)n32)c(OC)c1. The number of halogens is 1. The van der Waals surface area contributed by atoms with Crippen LogP contribution in [-0.4, -0.2) is 31.8 Å². The van der Waals surface area contributed by atoms with Gasteiger partial charge in [0.05, 0.1) is 37.1 Å². The van der Waals surface area contributed by atoms with Gasteiger partial charge < -0.3 is 24.3 Å². The number of anilines is 1. The normalized spacial score (nSPS) is 14.2. The van der Waals surface area contributed by atoms with E-state index < -0.39 is 11.9 Å². The topological polar surface area (TPSA) is 100 Å². The molecule has 0 aliphatic carbocycles. The first-order valence-electron chi connectivity index (χ1n) is 15.0. The Morgan fingerprint density at radius 1 is 0.917 bits per heavy atom. The van der Waals surface area contributed by atoms with Crippen LogP contribution in [0.3, 0.4) is 0 Å². The van der Waals surface area contributed by atoms with Crippen LogP contribution >= 0.6 is 11.3 Å². The fraction of sp³-hybridized carbons (Fsp3) is 0.162. The molecule has 6 rings (SSSR count). The lowest BCUT2D eigenvalue weighted by molar-refractivity contribution is -0.113. The number of amides is 1. The molecule has 48 heavy (non-hydrogen) atoms. The summed E-state index contributed by atoms with van der Waals surface area (Å²) in [7, 11) is 4.61. The average molecular weight is 666 g/mol. The predicted octanol–water partition coefficient (Wildman–Crippen LogP) is 5.62. The van der Waals surface area contributed by atoms with Crippen LogP contribution in [0.5, 0.6) is 23.0 Å². The number of carbonyl (C=O) groups is 1. The number of ether oxygens (including phenoxy) is 4. The van der Waals surface area contributed by atoms with Gasteiger partial charge >= 0.3 is 0 Å². The zero-order valence-electron chi connectivity index (χ0n) is 26.7. The van der Waals surface area contributed by atoms with Crippen molar-refractivity contribution in [2.75, 3.05) is 26.6 Å². The molecule has 0 spiro atoms. The van der Waals surface area contributed by atoms with Gasteiger partial charge in [-0.1, -0.05) is 47.7 Å². The molecule has 244 valence electrons. The number of benzene rings is 4. The molecular weight excluding hydrogens is 633 g/mol. The molecule has 1 aliphatic rings. The summed E-state index contributed by atoms with van der Waals surface area (Å²) in [6.07, 6.45) is 1.74.